The van der Waals surface area contributed by atoms with Crippen LogP contribution in [-0.4, -0.2) is 45.2 Å². The Labute approximate surface area is 199 Å². The standard InChI is InChI=1S/C20H14N6O8S/c1-9-16(17(27)18(28)22-20-21-12-5-4-11(34-2)8-15(12)35-20)19(29)24(23-9)13-6-3-10(25(30)31)7-14(13)26(32)33/h3-8,16H,1-2H3,(H,21,22,28)/t16-/m0/s1. The van der Waals surface area contributed by atoms with Crippen LogP contribution in [0.25, 0.3) is 10.2 Å². The molecule has 0 unspecified atom stereocenters. The van der Waals surface area contributed by atoms with Gasteiger partial charge in [-0.3, -0.25) is 39.9 Å². The maximum absolute atomic E-state index is 12.9. The number of hydrazone groups is 1. The first-order chi connectivity index (χ1) is 16.6. The summed E-state index contributed by atoms with van der Waals surface area (Å²) in [6.07, 6.45) is 0. The van der Waals surface area contributed by atoms with Crippen molar-refractivity contribution in [2.75, 3.05) is 17.4 Å². The van der Waals surface area contributed by atoms with Crippen molar-refractivity contribution in [1.29, 1.82) is 0 Å². The number of fused-ring (bicyclic) bond motifs is 1. The number of nitrogens with zero attached hydrogens (tertiary/aromatic N) is 5. The van der Waals surface area contributed by atoms with Gasteiger partial charge in [-0.1, -0.05) is 11.3 Å². The van der Waals surface area contributed by atoms with Gasteiger partial charge in [-0.25, -0.2) is 4.98 Å². The van der Waals surface area contributed by atoms with Crippen LogP contribution in [-0.2, 0) is 14.4 Å². The van der Waals surface area contributed by atoms with Crippen molar-refractivity contribution in [2.24, 2.45) is 11.0 Å². The van der Waals surface area contributed by atoms with Crippen LogP contribution in [0.3, 0.4) is 0 Å². The third-order valence-electron chi connectivity index (χ3n) is 5.03. The van der Waals surface area contributed by atoms with Gasteiger partial charge < -0.3 is 4.74 Å². The number of carbonyl (C=O) groups is 3. The molecule has 0 saturated carbocycles. The van der Waals surface area contributed by atoms with E-state index in [-0.39, 0.29) is 16.5 Å². The van der Waals surface area contributed by atoms with Gasteiger partial charge in [0.05, 0.1) is 39.0 Å². The highest BCUT2D eigenvalue weighted by molar-refractivity contribution is 7.22. The molecule has 0 bridgehead atoms. The quantitative estimate of drug-likeness (QED) is 0.221. The summed E-state index contributed by atoms with van der Waals surface area (Å²) in [5, 5.41) is 29.4. The van der Waals surface area contributed by atoms with Crippen molar-refractivity contribution in [3.63, 3.8) is 0 Å². The summed E-state index contributed by atoms with van der Waals surface area (Å²) in [7, 11) is 1.50. The molecule has 2 aromatic carbocycles. The Morgan fingerprint density at radius 1 is 1.14 bits per heavy atom. The summed E-state index contributed by atoms with van der Waals surface area (Å²) >= 11 is 1.09. The Bertz CT molecular complexity index is 1470. The number of carbonyl (C=O) groups excluding carboxylic acids is 3. The number of benzene rings is 2. The van der Waals surface area contributed by atoms with Gasteiger partial charge >= 0.3 is 5.69 Å². The van der Waals surface area contributed by atoms with Crippen LogP contribution in [0.4, 0.5) is 22.2 Å². The maximum atomic E-state index is 12.9. The Balaban J connectivity index is 1.57. The minimum atomic E-state index is -1.63. The van der Waals surface area contributed by atoms with Crippen LogP contribution >= 0.6 is 11.3 Å². The smallest absolute Gasteiger partial charge is 0.301 e. The van der Waals surface area contributed by atoms with E-state index < -0.39 is 44.7 Å². The van der Waals surface area contributed by atoms with Crippen LogP contribution in [0, 0.1) is 26.1 Å². The van der Waals surface area contributed by atoms with Gasteiger partial charge in [0, 0.05) is 6.07 Å². The minimum Gasteiger partial charge on any atom is -0.497 e. The molecule has 1 N–H and O–H groups in total. The summed E-state index contributed by atoms with van der Waals surface area (Å²) in [6, 6.07) is 7.68. The lowest BCUT2D eigenvalue weighted by molar-refractivity contribution is -0.393. The summed E-state index contributed by atoms with van der Waals surface area (Å²) < 4.78 is 5.83. The fourth-order valence-electron chi connectivity index (χ4n) is 3.37. The highest BCUT2D eigenvalue weighted by Crippen LogP contribution is 2.35. The van der Waals surface area contributed by atoms with E-state index >= 15 is 0 Å². The van der Waals surface area contributed by atoms with Crippen molar-refractivity contribution in [3.05, 3.63) is 56.6 Å². The second-order valence-corrected chi connectivity index (χ2v) is 8.21. The third kappa shape index (κ3) is 4.26. The summed E-state index contributed by atoms with van der Waals surface area (Å²) in [5.41, 5.74) is -1.21. The molecule has 2 heterocycles. The van der Waals surface area contributed by atoms with Gasteiger partial charge in [-0.05, 0) is 31.2 Å². The topological polar surface area (TPSA) is 187 Å². The van der Waals surface area contributed by atoms with Gasteiger partial charge in [0.2, 0.25) is 5.78 Å². The number of ether oxygens (including phenoxy) is 1. The number of rotatable bonds is 7. The molecule has 1 atom stereocenters. The van der Waals surface area contributed by atoms with Crippen LogP contribution in [0.15, 0.2) is 41.5 Å². The minimum absolute atomic E-state index is 0.0724. The Morgan fingerprint density at radius 2 is 1.89 bits per heavy atom. The molecule has 0 fully saturated rings. The molecule has 1 aliphatic heterocycles. The first-order valence-corrected chi connectivity index (χ1v) is 10.5. The molecule has 14 nitrogen and oxygen atoms in total. The normalized spacial score (nSPS) is 15.1. The molecular formula is C20H14N6O8S. The van der Waals surface area contributed by atoms with E-state index in [0.717, 1.165) is 23.5 Å². The number of anilines is 2. The Morgan fingerprint density at radius 3 is 2.54 bits per heavy atom. The number of amides is 2. The van der Waals surface area contributed by atoms with Gasteiger partial charge in [-0.15, -0.1) is 0 Å². The third-order valence-corrected chi connectivity index (χ3v) is 5.96. The molecule has 178 valence electrons. The second-order valence-electron chi connectivity index (χ2n) is 7.18. The molecule has 0 aliphatic carbocycles. The summed E-state index contributed by atoms with van der Waals surface area (Å²) in [4.78, 5) is 63.2. The zero-order chi connectivity index (χ0) is 25.4. The van der Waals surface area contributed by atoms with Gasteiger partial charge in [0.25, 0.3) is 17.5 Å². The van der Waals surface area contributed by atoms with Gasteiger partial charge in [0.15, 0.2) is 5.13 Å². The molecule has 0 spiro atoms. The van der Waals surface area contributed by atoms with Crippen molar-refractivity contribution >= 4 is 67.1 Å². The predicted octanol–water partition coefficient (Wildman–Crippen LogP) is 2.67. The number of hydrogen-bond acceptors (Lipinski definition) is 11. The number of nitrogens with one attached hydrogen (secondary N) is 1. The molecule has 3 aromatic rings. The number of thiazole rings is 1. The van der Waals surface area contributed by atoms with Crippen LogP contribution in [0.1, 0.15) is 6.92 Å². The highest BCUT2D eigenvalue weighted by atomic mass is 32.1. The fraction of sp³-hybridized carbons (Fsp3) is 0.150. The number of non-ortho nitro benzene ring substituents is 1. The average molecular weight is 498 g/mol. The SMILES string of the molecule is COc1ccc2nc(NC(=O)C(=O)[C@H]3C(=O)N(c4ccc([N+](=O)[O-])cc4[N+](=O)[O-])N=C3C)sc2c1. The second kappa shape index (κ2) is 8.86. The van der Waals surface area contributed by atoms with E-state index in [0.29, 0.717) is 27.0 Å². The highest BCUT2D eigenvalue weighted by Gasteiger charge is 2.44. The van der Waals surface area contributed by atoms with E-state index in [4.69, 9.17) is 4.74 Å². The van der Waals surface area contributed by atoms with E-state index in [9.17, 15) is 34.6 Å². The number of ketones is 1. The molecule has 2 amide bonds. The van der Waals surface area contributed by atoms with E-state index in [1.54, 1.807) is 18.2 Å². The molecule has 15 heteroatoms. The largest absolute Gasteiger partial charge is 0.497 e. The molecule has 1 aliphatic rings. The average Bonchev–Trinajstić information content (AvgIpc) is 3.36. The molecular weight excluding hydrogens is 484 g/mol. The lowest BCUT2D eigenvalue weighted by Gasteiger charge is -2.13. The lowest BCUT2D eigenvalue weighted by Crippen LogP contribution is -2.39. The van der Waals surface area contributed by atoms with Crippen molar-refractivity contribution < 1.29 is 29.0 Å². The Kier molecular flexibility index (Phi) is 5.92. The molecule has 0 saturated heterocycles. The number of hydrogen-bond donors (Lipinski definition) is 1. The summed E-state index contributed by atoms with van der Waals surface area (Å²) in [6.45, 7) is 1.31. The monoisotopic (exact) mass is 498 g/mol. The fourth-order valence-corrected chi connectivity index (χ4v) is 4.26. The zero-order valence-electron chi connectivity index (χ0n) is 18.0. The van der Waals surface area contributed by atoms with Crippen LogP contribution in [0.5, 0.6) is 5.75 Å². The number of nitro groups is 2. The Hall–Kier alpha value is -4.79. The number of aromatic nitrogens is 1. The van der Waals surface area contributed by atoms with Crippen molar-refractivity contribution in [2.45, 2.75) is 6.92 Å². The van der Waals surface area contributed by atoms with Gasteiger partial charge in [0.1, 0.15) is 17.4 Å². The maximum Gasteiger partial charge on any atom is 0.301 e. The van der Waals surface area contributed by atoms with E-state index in [1.165, 1.54) is 14.0 Å². The van der Waals surface area contributed by atoms with Gasteiger partial charge in [-0.2, -0.15) is 10.1 Å². The van der Waals surface area contributed by atoms with Crippen molar-refractivity contribution in [3.8, 4) is 5.75 Å². The zero-order valence-corrected chi connectivity index (χ0v) is 18.8. The number of nitro benzene ring substituents is 2. The predicted molar refractivity (Wildman–Crippen MR) is 124 cm³/mol. The molecule has 0 radical (unpaired) electrons. The van der Waals surface area contributed by atoms with Crippen LogP contribution < -0.4 is 15.1 Å². The molecule has 1 aromatic heterocycles. The summed E-state index contributed by atoms with van der Waals surface area (Å²) in [5.74, 6) is -4.31. The lowest BCUT2D eigenvalue weighted by atomic mass is 9.98. The first-order valence-electron chi connectivity index (χ1n) is 9.72. The number of methoxy groups -OCH3 is 1. The number of Topliss-reactive ketones (excluding diaryl/α,β-unsaturated/α-hetero) is 1. The van der Waals surface area contributed by atoms with E-state index in [1.807, 2.05) is 0 Å². The van der Waals surface area contributed by atoms with Crippen molar-refractivity contribution in [1.82, 2.24) is 4.98 Å². The molecule has 4 rings (SSSR count). The first kappa shape index (κ1) is 23.4. The van der Waals surface area contributed by atoms with E-state index in [2.05, 4.69) is 15.4 Å². The molecule has 35 heavy (non-hydrogen) atoms. The van der Waals surface area contributed by atoms with Crippen LogP contribution in [0.2, 0.25) is 0 Å².